The molecule has 0 bridgehead atoms. The van der Waals surface area contributed by atoms with E-state index in [0.29, 0.717) is 25.2 Å². The van der Waals surface area contributed by atoms with Gasteiger partial charge in [0.15, 0.2) is 0 Å². The standard InChI is InChI=1S/C21H36N2O7/c1-11(7-18(25)22-9-12(2)23-28-5)6-16-20(27)19(26)15(10-29-16)8-17-21(30-17)13(3)14(4)24/h7,13-17,19-21,24,26-27H,6,8-10H2,1-5H3,(H,22,25)/b11-7+,23-12+/t13-,14-,15-,16-,17-,19+,20-,21-/m0/s1. The molecule has 2 aliphatic heterocycles. The fraction of sp³-hybridized carbons (Fsp3) is 0.810. The number of nitrogens with zero attached hydrogens (tertiary/aromatic N) is 1. The zero-order chi connectivity index (χ0) is 22.4. The third kappa shape index (κ3) is 7.02. The summed E-state index contributed by atoms with van der Waals surface area (Å²) >= 11 is 0. The second-order valence-corrected chi connectivity index (χ2v) is 8.51. The van der Waals surface area contributed by atoms with Crippen molar-refractivity contribution in [3.8, 4) is 0 Å². The summed E-state index contributed by atoms with van der Waals surface area (Å²) in [6.07, 6.45) is -0.686. The summed E-state index contributed by atoms with van der Waals surface area (Å²) in [7, 11) is 1.44. The third-order valence-corrected chi connectivity index (χ3v) is 5.84. The minimum Gasteiger partial charge on any atom is -0.399 e. The van der Waals surface area contributed by atoms with Gasteiger partial charge < -0.3 is 34.9 Å². The van der Waals surface area contributed by atoms with Gasteiger partial charge in [-0.15, -0.1) is 0 Å². The number of rotatable bonds is 10. The van der Waals surface area contributed by atoms with Crippen LogP contribution in [0.4, 0.5) is 0 Å². The summed E-state index contributed by atoms with van der Waals surface area (Å²) in [4.78, 5) is 16.6. The minimum atomic E-state index is -1.04. The Bertz CT molecular complexity index is 637. The Kier molecular flexibility index (Phi) is 9.24. The highest BCUT2D eigenvalue weighted by molar-refractivity contribution is 5.93. The smallest absolute Gasteiger partial charge is 0.244 e. The van der Waals surface area contributed by atoms with Crippen LogP contribution in [0.5, 0.6) is 0 Å². The Balaban J connectivity index is 1.80. The molecule has 4 N–H and O–H groups in total. The molecule has 2 fully saturated rings. The predicted molar refractivity (Wildman–Crippen MR) is 111 cm³/mol. The van der Waals surface area contributed by atoms with Crippen molar-refractivity contribution < 1.29 is 34.4 Å². The number of aliphatic hydroxyl groups is 3. The molecule has 0 aromatic heterocycles. The summed E-state index contributed by atoms with van der Waals surface area (Å²) in [6.45, 7) is 7.78. The van der Waals surface area contributed by atoms with E-state index in [1.54, 1.807) is 20.8 Å². The molecule has 0 saturated carbocycles. The van der Waals surface area contributed by atoms with E-state index < -0.39 is 24.4 Å². The summed E-state index contributed by atoms with van der Waals surface area (Å²) < 4.78 is 11.4. The molecule has 9 nitrogen and oxygen atoms in total. The molecular formula is C21H36N2O7. The molecule has 172 valence electrons. The van der Waals surface area contributed by atoms with Crippen LogP contribution >= 0.6 is 0 Å². The molecule has 2 aliphatic rings. The van der Waals surface area contributed by atoms with Crippen molar-refractivity contribution in [3.63, 3.8) is 0 Å². The second kappa shape index (κ2) is 11.2. The maximum atomic E-state index is 12.0. The Morgan fingerprint density at radius 3 is 2.60 bits per heavy atom. The molecule has 30 heavy (non-hydrogen) atoms. The highest BCUT2D eigenvalue weighted by Crippen LogP contribution is 2.38. The van der Waals surface area contributed by atoms with Gasteiger partial charge in [-0.2, -0.15) is 0 Å². The van der Waals surface area contributed by atoms with Crippen LogP contribution in [-0.4, -0.2) is 83.8 Å². The average Bonchev–Trinajstić information content (AvgIpc) is 3.44. The molecule has 0 aliphatic carbocycles. The number of ether oxygens (including phenoxy) is 2. The van der Waals surface area contributed by atoms with Crippen LogP contribution in [0.3, 0.4) is 0 Å². The van der Waals surface area contributed by atoms with Crippen LogP contribution in [0.2, 0.25) is 0 Å². The number of amides is 1. The van der Waals surface area contributed by atoms with Gasteiger partial charge in [-0.1, -0.05) is 17.7 Å². The third-order valence-electron chi connectivity index (χ3n) is 5.84. The van der Waals surface area contributed by atoms with Gasteiger partial charge in [0.05, 0.1) is 49.4 Å². The van der Waals surface area contributed by atoms with Gasteiger partial charge in [0.2, 0.25) is 5.91 Å². The molecule has 0 aromatic carbocycles. The zero-order valence-corrected chi connectivity index (χ0v) is 18.4. The highest BCUT2D eigenvalue weighted by atomic mass is 16.6. The van der Waals surface area contributed by atoms with Crippen molar-refractivity contribution in [2.75, 3.05) is 20.3 Å². The first-order valence-corrected chi connectivity index (χ1v) is 10.5. The molecule has 1 amide bonds. The fourth-order valence-corrected chi connectivity index (χ4v) is 3.77. The molecule has 0 aromatic rings. The number of epoxide rings is 1. The zero-order valence-electron chi connectivity index (χ0n) is 18.4. The quantitative estimate of drug-likeness (QED) is 0.171. The molecular weight excluding hydrogens is 392 g/mol. The van der Waals surface area contributed by atoms with Crippen molar-refractivity contribution in [2.24, 2.45) is 17.0 Å². The van der Waals surface area contributed by atoms with E-state index in [4.69, 9.17) is 9.47 Å². The van der Waals surface area contributed by atoms with E-state index in [-0.39, 0.29) is 36.5 Å². The van der Waals surface area contributed by atoms with Crippen molar-refractivity contribution in [2.45, 2.75) is 77.2 Å². The van der Waals surface area contributed by atoms with Gasteiger partial charge >= 0.3 is 0 Å². The van der Waals surface area contributed by atoms with E-state index in [0.717, 1.165) is 5.57 Å². The number of hydrogen-bond acceptors (Lipinski definition) is 8. The van der Waals surface area contributed by atoms with Gasteiger partial charge in [0, 0.05) is 17.9 Å². The SMILES string of the molecule is CO/N=C(\C)CNC(=O)/C=C(\C)C[C@@H]1OC[C@H](C[C@@H]2O[C@H]2[C@@H](C)[C@H](C)O)[C@@H](O)[C@H]1O. The first-order valence-electron chi connectivity index (χ1n) is 10.5. The maximum absolute atomic E-state index is 12.0. The lowest BCUT2D eigenvalue weighted by atomic mass is 9.85. The second-order valence-electron chi connectivity index (χ2n) is 8.51. The lowest BCUT2D eigenvalue weighted by Crippen LogP contribution is -2.50. The topological polar surface area (TPSA) is 133 Å². The van der Waals surface area contributed by atoms with Crippen LogP contribution < -0.4 is 5.32 Å². The van der Waals surface area contributed by atoms with E-state index >= 15 is 0 Å². The monoisotopic (exact) mass is 428 g/mol. The number of carbonyl (C=O) groups excluding carboxylic acids is 1. The van der Waals surface area contributed by atoms with Gasteiger partial charge in [-0.3, -0.25) is 4.79 Å². The van der Waals surface area contributed by atoms with E-state index in [2.05, 4.69) is 15.3 Å². The predicted octanol–water partition coefficient (Wildman–Crippen LogP) is 0.373. The Morgan fingerprint density at radius 1 is 1.27 bits per heavy atom. The molecule has 0 unspecified atom stereocenters. The summed E-state index contributed by atoms with van der Waals surface area (Å²) in [5.74, 6) is -0.480. The number of nitrogens with one attached hydrogen (secondary N) is 1. The van der Waals surface area contributed by atoms with Crippen LogP contribution in [0.25, 0.3) is 0 Å². The number of carbonyl (C=O) groups is 1. The lowest BCUT2D eigenvalue weighted by Gasteiger charge is -2.38. The van der Waals surface area contributed by atoms with Crippen molar-refractivity contribution in [1.29, 1.82) is 0 Å². The largest absolute Gasteiger partial charge is 0.399 e. The van der Waals surface area contributed by atoms with E-state index in [1.807, 2.05) is 6.92 Å². The van der Waals surface area contributed by atoms with Gasteiger partial charge in [-0.25, -0.2) is 0 Å². The van der Waals surface area contributed by atoms with Crippen LogP contribution in [-0.2, 0) is 19.1 Å². The van der Waals surface area contributed by atoms with Crippen molar-refractivity contribution in [1.82, 2.24) is 5.32 Å². The number of aliphatic hydroxyl groups excluding tert-OH is 3. The van der Waals surface area contributed by atoms with Crippen LogP contribution in [0, 0.1) is 11.8 Å². The summed E-state index contributed by atoms with van der Waals surface area (Å²) in [5, 5.41) is 37.2. The fourth-order valence-electron chi connectivity index (χ4n) is 3.77. The first-order chi connectivity index (χ1) is 14.1. The van der Waals surface area contributed by atoms with Gasteiger partial charge in [-0.05, 0) is 33.6 Å². The lowest BCUT2D eigenvalue weighted by molar-refractivity contribution is -0.165. The molecule has 0 radical (unpaired) electrons. The van der Waals surface area contributed by atoms with Gasteiger partial charge in [0.1, 0.15) is 13.2 Å². The van der Waals surface area contributed by atoms with E-state index in [9.17, 15) is 20.1 Å². The molecule has 0 spiro atoms. The van der Waals surface area contributed by atoms with Crippen LogP contribution in [0.1, 0.15) is 40.5 Å². The first kappa shape index (κ1) is 24.7. The van der Waals surface area contributed by atoms with E-state index in [1.165, 1.54) is 13.2 Å². The normalized spacial score (nSPS) is 34.3. The molecule has 8 atom stereocenters. The number of oxime groups is 1. The molecule has 2 heterocycles. The summed E-state index contributed by atoms with van der Waals surface area (Å²) in [5.41, 5.74) is 1.38. The average molecular weight is 429 g/mol. The summed E-state index contributed by atoms with van der Waals surface area (Å²) in [6, 6.07) is 0. The van der Waals surface area contributed by atoms with Crippen molar-refractivity contribution >= 4 is 11.6 Å². The Hall–Kier alpha value is -1.52. The Labute approximate surface area is 178 Å². The molecule has 2 rings (SSSR count). The Morgan fingerprint density at radius 2 is 1.97 bits per heavy atom. The molecule has 2 saturated heterocycles. The maximum Gasteiger partial charge on any atom is 0.244 e. The van der Waals surface area contributed by atoms with Crippen molar-refractivity contribution in [3.05, 3.63) is 11.6 Å². The number of hydrogen-bond donors (Lipinski definition) is 4. The molecule has 9 heteroatoms. The highest BCUT2D eigenvalue weighted by Gasteiger charge is 2.48. The minimum absolute atomic E-state index is 0.0201. The van der Waals surface area contributed by atoms with Crippen LogP contribution in [0.15, 0.2) is 16.8 Å². The van der Waals surface area contributed by atoms with Gasteiger partial charge in [0.25, 0.3) is 0 Å².